The zero-order valence-electron chi connectivity index (χ0n) is 9.73. The molecular weight excluding hydrogens is 216 g/mol. The summed E-state index contributed by atoms with van der Waals surface area (Å²) >= 11 is 0. The Morgan fingerprint density at radius 1 is 1.35 bits per heavy atom. The molecule has 0 aromatic heterocycles. The summed E-state index contributed by atoms with van der Waals surface area (Å²) in [6.07, 6.45) is 2.18. The van der Waals surface area contributed by atoms with Gasteiger partial charge in [0, 0.05) is 6.04 Å². The Bertz CT molecular complexity index is 363. The van der Waals surface area contributed by atoms with Crippen molar-refractivity contribution in [2.75, 3.05) is 13.2 Å². The molecule has 0 spiro atoms. The fraction of sp³-hybridized carbons (Fsp3) is 0.462. The molecule has 4 heteroatoms. The minimum absolute atomic E-state index is 0.00174. The molecule has 0 saturated heterocycles. The van der Waals surface area contributed by atoms with E-state index in [0.717, 1.165) is 18.4 Å². The zero-order valence-corrected chi connectivity index (χ0v) is 9.73. The second-order valence-corrected chi connectivity index (χ2v) is 4.37. The van der Waals surface area contributed by atoms with Crippen molar-refractivity contribution in [3.05, 3.63) is 35.9 Å². The Labute approximate surface area is 101 Å². The molecule has 3 N–H and O–H groups in total. The summed E-state index contributed by atoms with van der Waals surface area (Å²) in [6.45, 7) is 0.233. The number of hydrogen-bond acceptors (Lipinski definition) is 3. The Hall–Kier alpha value is -1.39. The van der Waals surface area contributed by atoms with Crippen LogP contribution in [0.4, 0.5) is 0 Å². The van der Waals surface area contributed by atoms with Gasteiger partial charge in [-0.1, -0.05) is 30.3 Å². The molecular formula is C13H18N2O2. The number of amides is 1. The molecule has 92 valence electrons. The van der Waals surface area contributed by atoms with Gasteiger partial charge in [0.25, 0.3) is 0 Å². The first-order valence-electron chi connectivity index (χ1n) is 5.98. The zero-order chi connectivity index (χ0) is 12.1. The van der Waals surface area contributed by atoms with Crippen molar-refractivity contribution in [3.63, 3.8) is 0 Å². The second kappa shape index (κ2) is 5.80. The molecule has 1 aliphatic rings. The molecule has 0 heterocycles. The molecule has 0 radical (unpaired) electrons. The Kier molecular flexibility index (Phi) is 4.12. The minimum Gasteiger partial charge on any atom is -0.394 e. The second-order valence-electron chi connectivity index (χ2n) is 4.37. The SMILES string of the molecule is O=C(CNC(CO)c1ccccc1)NC1CC1. The smallest absolute Gasteiger partial charge is 0.234 e. The van der Waals surface area contributed by atoms with E-state index in [0.29, 0.717) is 6.04 Å². The standard InChI is InChI=1S/C13H18N2O2/c16-9-12(10-4-2-1-3-5-10)14-8-13(17)15-11-6-7-11/h1-5,11-12,14,16H,6-9H2,(H,15,17). The maximum atomic E-state index is 11.5. The van der Waals surface area contributed by atoms with Gasteiger partial charge in [0.1, 0.15) is 0 Å². The highest BCUT2D eigenvalue weighted by atomic mass is 16.3. The molecule has 1 saturated carbocycles. The van der Waals surface area contributed by atoms with Gasteiger partial charge in [-0.2, -0.15) is 0 Å². The highest BCUT2D eigenvalue weighted by Crippen LogP contribution is 2.18. The van der Waals surface area contributed by atoms with Crippen LogP contribution in [0.15, 0.2) is 30.3 Å². The number of benzene rings is 1. The number of aliphatic hydroxyl groups is 1. The summed E-state index contributed by atoms with van der Waals surface area (Å²) in [5, 5.41) is 15.3. The molecule has 0 aliphatic heterocycles. The lowest BCUT2D eigenvalue weighted by Crippen LogP contribution is -2.37. The predicted octanol–water partition coefficient (Wildman–Crippen LogP) is 0.588. The maximum absolute atomic E-state index is 11.5. The van der Waals surface area contributed by atoms with Gasteiger partial charge < -0.3 is 10.4 Å². The molecule has 1 amide bonds. The van der Waals surface area contributed by atoms with Crippen LogP contribution in [0.3, 0.4) is 0 Å². The number of nitrogens with one attached hydrogen (secondary N) is 2. The number of carbonyl (C=O) groups excluding carboxylic acids is 1. The van der Waals surface area contributed by atoms with Crippen molar-refractivity contribution >= 4 is 5.91 Å². The van der Waals surface area contributed by atoms with Gasteiger partial charge in [-0.05, 0) is 18.4 Å². The maximum Gasteiger partial charge on any atom is 0.234 e. The van der Waals surface area contributed by atoms with E-state index in [1.54, 1.807) is 0 Å². The van der Waals surface area contributed by atoms with Gasteiger partial charge in [-0.3, -0.25) is 10.1 Å². The molecule has 1 fully saturated rings. The molecule has 1 aromatic rings. The van der Waals surface area contributed by atoms with E-state index in [1.807, 2.05) is 30.3 Å². The van der Waals surface area contributed by atoms with Gasteiger partial charge in [0.05, 0.1) is 19.2 Å². The predicted molar refractivity (Wildman–Crippen MR) is 65.4 cm³/mol. The van der Waals surface area contributed by atoms with Gasteiger partial charge in [0.2, 0.25) is 5.91 Å². The summed E-state index contributed by atoms with van der Waals surface area (Å²) in [4.78, 5) is 11.5. The minimum atomic E-state index is -0.179. The van der Waals surface area contributed by atoms with E-state index < -0.39 is 0 Å². The quantitative estimate of drug-likeness (QED) is 0.675. The van der Waals surface area contributed by atoms with Crippen LogP contribution in [-0.4, -0.2) is 30.2 Å². The summed E-state index contributed by atoms with van der Waals surface area (Å²) in [6, 6.07) is 9.85. The summed E-state index contributed by atoms with van der Waals surface area (Å²) < 4.78 is 0. The molecule has 17 heavy (non-hydrogen) atoms. The fourth-order valence-electron chi connectivity index (χ4n) is 1.70. The summed E-state index contributed by atoms with van der Waals surface area (Å²) in [7, 11) is 0. The summed E-state index contributed by atoms with van der Waals surface area (Å²) in [5.74, 6) is 0.00174. The average Bonchev–Trinajstić information content (AvgIpc) is 3.15. The first-order valence-corrected chi connectivity index (χ1v) is 5.98. The lowest BCUT2D eigenvalue weighted by Gasteiger charge is -2.16. The van der Waals surface area contributed by atoms with Crippen molar-refractivity contribution in [3.8, 4) is 0 Å². The van der Waals surface area contributed by atoms with Crippen LogP contribution in [0, 0.1) is 0 Å². The largest absolute Gasteiger partial charge is 0.394 e. The third kappa shape index (κ3) is 3.84. The third-order valence-electron chi connectivity index (χ3n) is 2.84. The van der Waals surface area contributed by atoms with E-state index in [-0.39, 0.29) is 25.1 Å². The molecule has 1 aromatic carbocycles. The molecule has 1 aliphatic carbocycles. The van der Waals surface area contributed by atoms with Crippen molar-refractivity contribution in [2.24, 2.45) is 0 Å². The molecule has 2 rings (SSSR count). The van der Waals surface area contributed by atoms with Crippen LogP contribution in [0.25, 0.3) is 0 Å². The number of carbonyl (C=O) groups is 1. The van der Waals surface area contributed by atoms with E-state index in [4.69, 9.17) is 0 Å². The number of rotatable bonds is 6. The van der Waals surface area contributed by atoms with Crippen LogP contribution in [0.5, 0.6) is 0 Å². The Morgan fingerprint density at radius 3 is 2.65 bits per heavy atom. The van der Waals surface area contributed by atoms with E-state index in [2.05, 4.69) is 10.6 Å². The van der Waals surface area contributed by atoms with E-state index in [1.165, 1.54) is 0 Å². The monoisotopic (exact) mass is 234 g/mol. The normalized spacial score (nSPS) is 16.5. The summed E-state index contributed by atoms with van der Waals surface area (Å²) in [5.41, 5.74) is 0.995. The van der Waals surface area contributed by atoms with Gasteiger partial charge in [0.15, 0.2) is 0 Å². The molecule has 1 unspecified atom stereocenters. The van der Waals surface area contributed by atoms with Crippen LogP contribution in [0.1, 0.15) is 24.4 Å². The first-order chi connectivity index (χ1) is 8.29. The van der Waals surface area contributed by atoms with Crippen LogP contribution in [0.2, 0.25) is 0 Å². The molecule has 0 bridgehead atoms. The van der Waals surface area contributed by atoms with E-state index in [9.17, 15) is 9.90 Å². The van der Waals surface area contributed by atoms with Crippen LogP contribution in [-0.2, 0) is 4.79 Å². The lowest BCUT2D eigenvalue weighted by atomic mass is 10.1. The first kappa shape index (κ1) is 12.1. The molecule has 4 nitrogen and oxygen atoms in total. The lowest BCUT2D eigenvalue weighted by molar-refractivity contribution is -0.120. The third-order valence-corrected chi connectivity index (χ3v) is 2.84. The average molecular weight is 234 g/mol. The van der Waals surface area contributed by atoms with E-state index >= 15 is 0 Å². The Morgan fingerprint density at radius 2 is 2.06 bits per heavy atom. The number of hydrogen-bond donors (Lipinski definition) is 3. The van der Waals surface area contributed by atoms with Crippen molar-refractivity contribution in [1.82, 2.24) is 10.6 Å². The van der Waals surface area contributed by atoms with Gasteiger partial charge in [-0.25, -0.2) is 0 Å². The van der Waals surface area contributed by atoms with Gasteiger partial charge >= 0.3 is 0 Å². The van der Waals surface area contributed by atoms with Crippen LogP contribution < -0.4 is 10.6 Å². The highest BCUT2D eigenvalue weighted by molar-refractivity contribution is 5.78. The van der Waals surface area contributed by atoms with Crippen molar-refractivity contribution in [1.29, 1.82) is 0 Å². The number of aliphatic hydroxyl groups excluding tert-OH is 1. The van der Waals surface area contributed by atoms with Crippen LogP contribution >= 0.6 is 0 Å². The fourth-order valence-corrected chi connectivity index (χ4v) is 1.70. The highest BCUT2D eigenvalue weighted by Gasteiger charge is 2.23. The van der Waals surface area contributed by atoms with Crippen molar-refractivity contribution < 1.29 is 9.90 Å². The van der Waals surface area contributed by atoms with Crippen molar-refractivity contribution in [2.45, 2.75) is 24.9 Å². The van der Waals surface area contributed by atoms with Gasteiger partial charge in [-0.15, -0.1) is 0 Å². The molecule has 1 atom stereocenters. The topological polar surface area (TPSA) is 61.4 Å². The Balaban J connectivity index is 1.80.